The summed E-state index contributed by atoms with van der Waals surface area (Å²) in [7, 11) is 2.26. The fraction of sp³-hybridized carbons (Fsp3) is 0.871. The Hall–Kier alpha value is -0.560. The van der Waals surface area contributed by atoms with Gasteiger partial charge in [-0.15, -0.1) is 0 Å². The molecule has 5 aliphatic rings. The molecule has 1 nitrogen and oxygen atoms in total. The van der Waals surface area contributed by atoms with Crippen molar-refractivity contribution in [3.05, 3.63) is 23.8 Å². The molecule has 4 fully saturated rings. The Bertz CT molecular complexity index is 835. The molecule has 4 saturated carbocycles. The first-order chi connectivity index (χ1) is 14.9. The zero-order valence-electron chi connectivity index (χ0n) is 22.5. The third-order valence-corrected chi connectivity index (χ3v) is 13.6. The highest BCUT2D eigenvalue weighted by Gasteiger charge is 2.70. The Morgan fingerprint density at radius 3 is 2.28 bits per heavy atom. The highest BCUT2D eigenvalue weighted by molar-refractivity contribution is 5.26. The number of rotatable bonds is 2. The van der Waals surface area contributed by atoms with Gasteiger partial charge in [0.2, 0.25) is 0 Å². The van der Waals surface area contributed by atoms with Crippen LogP contribution < -0.4 is 5.32 Å². The van der Waals surface area contributed by atoms with Gasteiger partial charge < -0.3 is 5.32 Å². The molecular formula is C31H51N. The molecule has 0 aromatic rings. The predicted octanol–water partition coefficient (Wildman–Crippen LogP) is 8.17. The van der Waals surface area contributed by atoms with Crippen molar-refractivity contribution in [2.75, 3.05) is 7.05 Å². The minimum atomic E-state index is 0.358. The van der Waals surface area contributed by atoms with Crippen LogP contribution in [0.1, 0.15) is 106 Å². The Morgan fingerprint density at radius 1 is 0.906 bits per heavy atom. The zero-order chi connectivity index (χ0) is 23.3. The van der Waals surface area contributed by atoms with Crippen LogP contribution in [0.25, 0.3) is 0 Å². The molecule has 5 rings (SSSR count). The zero-order valence-corrected chi connectivity index (χ0v) is 22.5. The summed E-state index contributed by atoms with van der Waals surface area (Å²) in [6.07, 6.45) is 15.2. The Labute approximate surface area is 199 Å². The number of nitrogens with one attached hydrogen (secondary N) is 1. The smallest absolute Gasteiger partial charge is 0.0215 e. The van der Waals surface area contributed by atoms with E-state index in [0.29, 0.717) is 27.2 Å². The van der Waals surface area contributed by atoms with Crippen molar-refractivity contribution in [1.29, 1.82) is 0 Å². The van der Waals surface area contributed by atoms with E-state index >= 15 is 0 Å². The first kappa shape index (κ1) is 23.2. The fourth-order valence-corrected chi connectivity index (χ4v) is 11.3. The van der Waals surface area contributed by atoms with Crippen LogP contribution in [0.2, 0.25) is 0 Å². The van der Waals surface area contributed by atoms with E-state index in [2.05, 4.69) is 73.5 Å². The van der Waals surface area contributed by atoms with Crippen LogP contribution in [0.15, 0.2) is 23.8 Å². The second kappa shape index (κ2) is 6.99. The third kappa shape index (κ3) is 2.61. The maximum Gasteiger partial charge on any atom is 0.0215 e. The Balaban J connectivity index is 1.56. The van der Waals surface area contributed by atoms with Crippen molar-refractivity contribution in [3.8, 4) is 0 Å². The van der Waals surface area contributed by atoms with Gasteiger partial charge in [0, 0.05) is 5.54 Å². The van der Waals surface area contributed by atoms with Crippen molar-refractivity contribution in [2.45, 2.75) is 112 Å². The van der Waals surface area contributed by atoms with E-state index in [9.17, 15) is 0 Å². The average molecular weight is 438 g/mol. The molecule has 0 heterocycles. The van der Waals surface area contributed by atoms with Crippen LogP contribution >= 0.6 is 0 Å². The molecule has 1 N–H and O–H groups in total. The highest BCUT2D eigenvalue weighted by Crippen LogP contribution is 2.76. The molecule has 9 atom stereocenters. The summed E-state index contributed by atoms with van der Waals surface area (Å²) in [4.78, 5) is 0. The lowest BCUT2D eigenvalue weighted by Gasteiger charge is -2.72. The molecule has 0 aromatic heterocycles. The van der Waals surface area contributed by atoms with Crippen LogP contribution in [0.3, 0.4) is 0 Å². The molecule has 0 spiro atoms. The van der Waals surface area contributed by atoms with Crippen molar-refractivity contribution in [2.24, 2.45) is 51.2 Å². The molecule has 0 unspecified atom stereocenters. The molecule has 32 heavy (non-hydrogen) atoms. The molecule has 0 saturated heterocycles. The summed E-state index contributed by atoms with van der Waals surface area (Å²) in [6, 6.07) is 0. The van der Waals surface area contributed by atoms with Gasteiger partial charge in [-0.2, -0.15) is 0 Å². The first-order valence-electron chi connectivity index (χ1n) is 13.9. The minimum Gasteiger partial charge on any atom is -0.314 e. The van der Waals surface area contributed by atoms with Crippen molar-refractivity contribution in [3.63, 3.8) is 0 Å². The van der Waals surface area contributed by atoms with Crippen LogP contribution in [0, 0.1) is 51.2 Å². The van der Waals surface area contributed by atoms with Gasteiger partial charge in [-0.3, -0.25) is 0 Å². The topological polar surface area (TPSA) is 12.0 Å². The van der Waals surface area contributed by atoms with Crippen molar-refractivity contribution < 1.29 is 0 Å². The molecule has 5 aliphatic carbocycles. The van der Waals surface area contributed by atoms with Crippen LogP contribution in [0.4, 0.5) is 0 Å². The lowest BCUT2D eigenvalue weighted by molar-refractivity contribution is -0.220. The molecule has 0 bridgehead atoms. The van der Waals surface area contributed by atoms with Gasteiger partial charge in [-0.25, -0.2) is 0 Å². The molecule has 180 valence electrons. The Kier molecular flexibility index (Phi) is 5.07. The van der Waals surface area contributed by atoms with Gasteiger partial charge >= 0.3 is 0 Å². The average Bonchev–Trinajstić information content (AvgIpc) is 3.12. The van der Waals surface area contributed by atoms with Gasteiger partial charge in [-0.05, 0) is 130 Å². The number of fused-ring (bicyclic) bond motifs is 7. The van der Waals surface area contributed by atoms with Gasteiger partial charge in [0.15, 0.2) is 0 Å². The predicted molar refractivity (Wildman–Crippen MR) is 137 cm³/mol. The van der Waals surface area contributed by atoms with Crippen LogP contribution in [-0.2, 0) is 0 Å². The summed E-state index contributed by atoms with van der Waals surface area (Å²) >= 11 is 0. The first-order valence-corrected chi connectivity index (χ1v) is 13.9. The summed E-state index contributed by atoms with van der Waals surface area (Å²) < 4.78 is 0. The van der Waals surface area contributed by atoms with E-state index in [1.807, 2.05) is 0 Å². The van der Waals surface area contributed by atoms with Gasteiger partial charge in [0.25, 0.3) is 0 Å². The standard InChI is InChI=1S/C31H51N/c1-20(2)22-13-17-31(32-9)19-18-29(7)23(26(22)31)10-11-25-28(6)15-12-21(3)27(4,5)24(28)14-16-30(25,29)8/h12,22-26,32H,1,10-11,13-19H2,2-9H3/t22-,23+,24-,25+,26+,28-,29+,30+,31-/m0/s1. The summed E-state index contributed by atoms with van der Waals surface area (Å²) in [5, 5.41) is 3.92. The number of hydrogen-bond donors (Lipinski definition) is 1. The molecule has 0 aromatic carbocycles. The van der Waals surface area contributed by atoms with E-state index in [-0.39, 0.29) is 0 Å². The SMILES string of the molecule is C=C(C)[C@@H]1CC[C@]2(NC)CC[C@]3(C)[C@H](CC[C@@H]4[C@@]5(C)CC=C(C)C(C)(C)[C@@H]5CC[C@]43C)[C@@H]12. The Morgan fingerprint density at radius 2 is 1.62 bits per heavy atom. The summed E-state index contributed by atoms with van der Waals surface area (Å²) in [5.41, 5.74) is 5.22. The van der Waals surface area contributed by atoms with Crippen molar-refractivity contribution in [1.82, 2.24) is 5.32 Å². The summed E-state index contributed by atoms with van der Waals surface area (Å²) in [6.45, 7) is 22.6. The van der Waals surface area contributed by atoms with Gasteiger partial charge in [-0.1, -0.05) is 58.4 Å². The quantitative estimate of drug-likeness (QED) is 0.429. The molecule has 1 heteroatoms. The molecule has 0 amide bonds. The van der Waals surface area contributed by atoms with E-state index in [1.165, 1.54) is 63.4 Å². The summed E-state index contributed by atoms with van der Waals surface area (Å²) in [5.74, 6) is 4.07. The highest BCUT2D eigenvalue weighted by atomic mass is 15.0. The molecule has 0 aliphatic heterocycles. The minimum absolute atomic E-state index is 0.358. The second-order valence-corrected chi connectivity index (χ2v) is 14.4. The van der Waals surface area contributed by atoms with Crippen LogP contribution in [-0.4, -0.2) is 12.6 Å². The number of allylic oxidation sites excluding steroid dienone is 3. The maximum absolute atomic E-state index is 4.51. The lowest BCUT2D eigenvalue weighted by Crippen LogP contribution is -2.67. The van der Waals surface area contributed by atoms with Gasteiger partial charge in [0.05, 0.1) is 0 Å². The lowest BCUT2D eigenvalue weighted by atomic mass is 9.33. The monoisotopic (exact) mass is 437 g/mol. The normalized spacial score (nSPS) is 54.0. The van der Waals surface area contributed by atoms with Crippen LogP contribution in [0.5, 0.6) is 0 Å². The molecule has 0 radical (unpaired) electrons. The largest absolute Gasteiger partial charge is 0.314 e. The van der Waals surface area contributed by atoms with E-state index in [4.69, 9.17) is 0 Å². The van der Waals surface area contributed by atoms with E-state index in [0.717, 1.165) is 29.6 Å². The van der Waals surface area contributed by atoms with E-state index in [1.54, 1.807) is 5.57 Å². The van der Waals surface area contributed by atoms with Crippen molar-refractivity contribution >= 4 is 0 Å². The second-order valence-electron chi connectivity index (χ2n) is 14.4. The van der Waals surface area contributed by atoms with E-state index < -0.39 is 0 Å². The van der Waals surface area contributed by atoms with Gasteiger partial charge in [0.1, 0.15) is 0 Å². The maximum atomic E-state index is 4.51. The number of hydrogen-bond acceptors (Lipinski definition) is 1. The fourth-order valence-electron chi connectivity index (χ4n) is 11.3. The third-order valence-electron chi connectivity index (χ3n) is 13.6. The molecular weight excluding hydrogens is 386 g/mol.